The number of nitrogens with one attached hydrogen (secondary N) is 1. The molecule has 1 aliphatic heterocycles. The number of hydrogen-bond acceptors (Lipinski definition) is 4. The normalized spacial score (nSPS) is 20.5. The number of methoxy groups -OCH3 is 2. The fourth-order valence-electron chi connectivity index (χ4n) is 3.08. The molecule has 0 bridgehead atoms. The first-order valence-electron chi connectivity index (χ1n) is 7.85. The fourth-order valence-corrected chi connectivity index (χ4v) is 3.08. The first kappa shape index (κ1) is 16.1. The summed E-state index contributed by atoms with van der Waals surface area (Å²) in [6, 6.07) is 6.38. The molecule has 118 valence electrons. The largest absolute Gasteiger partial charge is 0.497 e. The molecule has 2 rings (SSSR count). The number of likely N-dealkylation sites (N-methyl/N-ethyl adjacent to an activating group) is 1. The predicted octanol–water partition coefficient (Wildman–Crippen LogP) is 2.70. The highest BCUT2D eigenvalue weighted by Crippen LogP contribution is 2.30. The highest BCUT2D eigenvalue weighted by Gasteiger charge is 2.24. The van der Waals surface area contributed by atoms with Crippen molar-refractivity contribution in [3.8, 4) is 11.5 Å². The van der Waals surface area contributed by atoms with Crippen molar-refractivity contribution < 1.29 is 9.47 Å². The third kappa shape index (κ3) is 4.11. The zero-order valence-corrected chi connectivity index (χ0v) is 13.7. The molecule has 0 amide bonds. The van der Waals surface area contributed by atoms with Crippen molar-refractivity contribution in [2.45, 2.75) is 26.3 Å². The van der Waals surface area contributed by atoms with E-state index in [1.54, 1.807) is 14.2 Å². The van der Waals surface area contributed by atoms with Crippen LogP contribution in [0.15, 0.2) is 18.2 Å². The van der Waals surface area contributed by atoms with Crippen molar-refractivity contribution in [3.05, 3.63) is 23.8 Å². The van der Waals surface area contributed by atoms with Gasteiger partial charge in [0.25, 0.3) is 0 Å². The van der Waals surface area contributed by atoms with E-state index in [2.05, 4.69) is 30.1 Å². The average Bonchev–Trinajstić information content (AvgIpc) is 2.91. The topological polar surface area (TPSA) is 33.7 Å². The monoisotopic (exact) mass is 292 g/mol. The van der Waals surface area contributed by atoms with E-state index in [0.29, 0.717) is 6.04 Å². The molecule has 0 aliphatic carbocycles. The van der Waals surface area contributed by atoms with Gasteiger partial charge in [-0.2, -0.15) is 0 Å². The zero-order chi connectivity index (χ0) is 15.2. The van der Waals surface area contributed by atoms with Gasteiger partial charge in [0.05, 0.1) is 14.2 Å². The standard InChI is InChI=1S/C17H28N2O2/c1-5-18-16(12-19-9-8-13(2)11-19)15-7-6-14(20-3)10-17(15)21-4/h6-7,10,13,16,18H,5,8-9,11-12H2,1-4H3. The summed E-state index contributed by atoms with van der Waals surface area (Å²) in [7, 11) is 3.40. The van der Waals surface area contributed by atoms with Crippen LogP contribution in [0.2, 0.25) is 0 Å². The van der Waals surface area contributed by atoms with Crippen LogP contribution in [0, 0.1) is 5.92 Å². The van der Waals surface area contributed by atoms with Gasteiger partial charge in [-0.1, -0.05) is 19.9 Å². The minimum atomic E-state index is 0.293. The Kier molecular flexibility index (Phi) is 5.88. The van der Waals surface area contributed by atoms with E-state index >= 15 is 0 Å². The Balaban J connectivity index is 2.16. The maximum atomic E-state index is 5.56. The van der Waals surface area contributed by atoms with Gasteiger partial charge in [0, 0.05) is 30.8 Å². The summed E-state index contributed by atoms with van der Waals surface area (Å²) >= 11 is 0. The molecule has 0 aromatic heterocycles. The third-order valence-corrected chi connectivity index (χ3v) is 4.22. The van der Waals surface area contributed by atoms with E-state index in [9.17, 15) is 0 Å². The summed E-state index contributed by atoms with van der Waals surface area (Å²) in [4.78, 5) is 2.54. The van der Waals surface area contributed by atoms with Gasteiger partial charge < -0.3 is 19.7 Å². The van der Waals surface area contributed by atoms with Crippen LogP contribution in [0.5, 0.6) is 11.5 Å². The Morgan fingerprint density at radius 3 is 2.71 bits per heavy atom. The van der Waals surface area contributed by atoms with Crippen LogP contribution in [0.4, 0.5) is 0 Å². The van der Waals surface area contributed by atoms with Gasteiger partial charge in [-0.25, -0.2) is 0 Å². The molecule has 1 aromatic carbocycles. The summed E-state index contributed by atoms with van der Waals surface area (Å²) in [6.45, 7) is 8.85. The van der Waals surface area contributed by atoms with Crippen molar-refractivity contribution in [1.29, 1.82) is 0 Å². The van der Waals surface area contributed by atoms with Crippen molar-refractivity contribution >= 4 is 0 Å². The molecule has 4 heteroatoms. The maximum Gasteiger partial charge on any atom is 0.127 e. The molecule has 1 saturated heterocycles. The number of nitrogens with zero attached hydrogens (tertiary/aromatic N) is 1. The Morgan fingerprint density at radius 2 is 2.14 bits per heavy atom. The van der Waals surface area contributed by atoms with E-state index in [1.807, 2.05) is 12.1 Å². The lowest BCUT2D eigenvalue weighted by Gasteiger charge is -2.26. The van der Waals surface area contributed by atoms with Crippen LogP contribution in [-0.2, 0) is 0 Å². The number of likely N-dealkylation sites (tertiary alicyclic amines) is 1. The second-order valence-electron chi connectivity index (χ2n) is 5.87. The highest BCUT2D eigenvalue weighted by molar-refractivity contribution is 5.42. The van der Waals surface area contributed by atoms with E-state index in [0.717, 1.165) is 30.5 Å². The Morgan fingerprint density at radius 1 is 1.33 bits per heavy atom. The lowest BCUT2D eigenvalue weighted by molar-refractivity contribution is 0.282. The van der Waals surface area contributed by atoms with Gasteiger partial charge in [-0.15, -0.1) is 0 Å². The lowest BCUT2D eigenvalue weighted by atomic mass is 10.0. The van der Waals surface area contributed by atoms with Gasteiger partial charge in [0.2, 0.25) is 0 Å². The molecule has 0 spiro atoms. The van der Waals surface area contributed by atoms with Crippen LogP contribution in [0.25, 0.3) is 0 Å². The van der Waals surface area contributed by atoms with Crippen molar-refractivity contribution in [1.82, 2.24) is 10.2 Å². The Labute approximate surface area is 128 Å². The Hall–Kier alpha value is -1.26. The first-order chi connectivity index (χ1) is 10.2. The summed E-state index contributed by atoms with van der Waals surface area (Å²) in [6.07, 6.45) is 1.30. The van der Waals surface area contributed by atoms with Crippen molar-refractivity contribution in [2.75, 3.05) is 40.4 Å². The third-order valence-electron chi connectivity index (χ3n) is 4.22. The SMILES string of the molecule is CCNC(CN1CCC(C)C1)c1ccc(OC)cc1OC. The van der Waals surface area contributed by atoms with E-state index in [1.165, 1.54) is 25.1 Å². The molecule has 1 N–H and O–H groups in total. The second kappa shape index (κ2) is 7.66. The molecule has 1 fully saturated rings. The molecule has 2 atom stereocenters. The van der Waals surface area contributed by atoms with Crippen LogP contribution in [-0.4, -0.2) is 45.3 Å². The van der Waals surface area contributed by atoms with Crippen molar-refractivity contribution in [3.63, 3.8) is 0 Å². The van der Waals surface area contributed by atoms with Crippen LogP contribution in [0.1, 0.15) is 31.9 Å². The predicted molar refractivity (Wildman–Crippen MR) is 86.2 cm³/mol. The summed E-state index contributed by atoms with van der Waals surface area (Å²) < 4.78 is 10.9. The van der Waals surface area contributed by atoms with Crippen LogP contribution in [0.3, 0.4) is 0 Å². The molecule has 4 nitrogen and oxygen atoms in total. The van der Waals surface area contributed by atoms with Crippen LogP contribution < -0.4 is 14.8 Å². The first-order valence-corrected chi connectivity index (χ1v) is 7.85. The van der Waals surface area contributed by atoms with Gasteiger partial charge in [0.15, 0.2) is 0 Å². The molecular formula is C17H28N2O2. The van der Waals surface area contributed by atoms with Gasteiger partial charge in [-0.05, 0) is 31.5 Å². The molecule has 1 aliphatic rings. The average molecular weight is 292 g/mol. The van der Waals surface area contributed by atoms with Crippen LogP contribution >= 0.6 is 0 Å². The lowest BCUT2D eigenvalue weighted by Crippen LogP contribution is -2.34. The second-order valence-corrected chi connectivity index (χ2v) is 5.87. The molecule has 1 heterocycles. The molecule has 2 unspecified atom stereocenters. The van der Waals surface area contributed by atoms with Gasteiger partial charge in [-0.3, -0.25) is 0 Å². The number of benzene rings is 1. The quantitative estimate of drug-likeness (QED) is 0.838. The van der Waals surface area contributed by atoms with E-state index in [-0.39, 0.29) is 0 Å². The minimum Gasteiger partial charge on any atom is -0.497 e. The Bertz CT molecular complexity index is 450. The molecule has 0 saturated carbocycles. The molecule has 1 aromatic rings. The number of rotatable bonds is 7. The summed E-state index contributed by atoms with van der Waals surface area (Å²) in [5.41, 5.74) is 1.21. The highest BCUT2D eigenvalue weighted by atomic mass is 16.5. The van der Waals surface area contributed by atoms with Crippen molar-refractivity contribution in [2.24, 2.45) is 5.92 Å². The summed E-state index contributed by atoms with van der Waals surface area (Å²) in [5.74, 6) is 2.54. The van der Waals surface area contributed by atoms with E-state index in [4.69, 9.17) is 9.47 Å². The van der Waals surface area contributed by atoms with Gasteiger partial charge >= 0.3 is 0 Å². The fraction of sp³-hybridized carbons (Fsp3) is 0.647. The molecular weight excluding hydrogens is 264 g/mol. The number of hydrogen-bond donors (Lipinski definition) is 1. The van der Waals surface area contributed by atoms with Gasteiger partial charge in [0.1, 0.15) is 11.5 Å². The smallest absolute Gasteiger partial charge is 0.127 e. The van der Waals surface area contributed by atoms with E-state index < -0.39 is 0 Å². The zero-order valence-electron chi connectivity index (χ0n) is 13.7. The molecule has 21 heavy (non-hydrogen) atoms. The summed E-state index contributed by atoms with van der Waals surface area (Å²) in [5, 5.41) is 3.59. The minimum absolute atomic E-state index is 0.293. The maximum absolute atomic E-state index is 5.56. The number of ether oxygens (including phenoxy) is 2. The molecule has 0 radical (unpaired) electrons.